The van der Waals surface area contributed by atoms with E-state index in [1.165, 1.54) is 19.6 Å². The van der Waals surface area contributed by atoms with Gasteiger partial charge in [-0.15, -0.1) is 0 Å². The average molecular weight is 207 g/mol. The van der Waals surface area contributed by atoms with Crippen molar-refractivity contribution >= 4 is 23.0 Å². The van der Waals surface area contributed by atoms with Gasteiger partial charge in [0.15, 0.2) is 11.5 Å². The fraction of sp³-hybridized carbons (Fsp3) is 0.250. The van der Waals surface area contributed by atoms with Crippen molar-refractivity contribution in [2.45, 2.75) is 13.0 Å². The molecule has 2 aromatic rings. The minimum atomic E-state index is -0.943. The summed E-state index contributed by atoms with van der Waals surface area (Å²) in [5.41, 5.74) is 1.11. The topological polar surface area (TPSA) is 104 Å². The SMILES string of the molecule is C[C@H](Nc1ncnc2nc[nH]c12)C(=O)O. The van der Waals surface area contributed by atoms with E-state index in [0.29, 0.717) is 17.0 Å². The molecule has 2 heterocycles. The minimum Gasteiger partial charge on any atom is -0.480 e. The largest absolute Gasteiger partial charge is 0.480 e. The number of carbonyl (C=O) groups is 1. The molecule has 0 aliphatic rings. The molecule has 0 saturated carbocycles. The molecule has 0 spiro atoms. The van der Waals surface area contributed by atoms with Gasteiger partial charge in [0.05, 0.1) is 6.33 Å². The van der Waals surface area contributed by atoms with Crippen molar-refractivity contribution in [1.29, 1.82) is 0 Å². The molecule has 2 rings (SSSR count). The molecule has 0 radical (unpaired) electrons. The predicted octanol–water partition coefficient (Wildman–Crippen LogP) is 0.238. The lowest BCUT2D eigenvalue weighted by atomic mass is 10.3. The Morgan fingerprint density at radius 1 is 1.53 bits per heavy atom. The molecule has 0 aromatic carbocycles. The van der Waals surface area contributed by atoms with Crippen molar-refractivity contribution in [2.75, 3.05) is 5.32 Å². The molecule has 1 atom stereocenters. The highest BCUT2D eigenvalue weighted by molar-refractivity contribution is 5.85. The van der Waals surface area contributed by atoms with Crippen LogP contribution >= 0.6 is 0 Å². The lowest BCUT2D eigenvalue weighted by Gasteiger charge is -2.09. The summed E-state index contributed by atoms with van der Waals surface area (Å²) in [5, 5.41) is 11.5. The van der Waals surface area contributed by atoms with E-state index in [4.69, 9.17) is 5.11 Å². The maximum atomic E-state index is 10.6. The predicted molar refractivity (Wildman–Crippen MR) is 52.4 cm³/mol. The van der Waals surface area contributed by atoms with Gasteiger partial charge in [0.2, 0.25) is 0 Å². The van der Waals surface area contributed by atoms with E-state index in [-0.39, 0.29) is 0 Å². The van der Waals surface area contributed by atoms with Crippen molar-refractivity contribution in [3.8, 4) is 0 Å². The van der Waals surface area contributed by atoms with Gasteiger partial charge in [-0.1, -0.05) is 0 Å². The molecule has 0 aliphatic carbocycles. The first-order valence-electron chi connectivity index (χ1n) is 4.32. The number of aromatic amines is 1. The number of rotatable bonds is 3. The number of nitrogens with one attached hydrogen (secondary N) is 2. The lowest BCUT2D eigenvalue weighted by Crippen LogP contribution is -2.26. The molecule has 0 fully saturated rings. The van der Waals surface area contributed by atoms with Crippen molar-refractivity contribution in [1.82, 2.24) is 19.9 Å². The van der Waals surface area contributed by atoms with Crippen LogP contribution in [-0.4, -0.2) is 37.1 Å². The number of H-pyrrole nitrogens is 1. The van der Waals surface area contributed by atoms with Crippen LogP contribution < -0.4 is 5.32 Å². The monoisotopic (exact) mass is 207 g/mol. The third-order valence-electron chi connectivity index (χ3n) is 1.95. The van der Waals surface area contributed by atoms with Crippen LogP contribution in [0.5, 0.6) is 0 Å². The summed E-state index contributed by atoms with van der Waals surface area (Å²) in [6, 6.07) is -0.716. The summed E-state index contributed by atoms with van der Waals surface area (Å²) >= 11 is 0. The minimum absolute atomic E-state index is 0.437. The normalized spacial score (nSPS) is 12.6. The molecule has 0 aliphatic heterocycles. The van der Waals surface area contributed by atoms with Crippen LogP contribution in [0.1, 0.15) is 6.92 Å². The first-order chi connectivity index (χ1) is 7.18. The van der Waals surface area contributed by atoms with Gasteiger partial charge in [0.25, 0.3) is 0 Å². The van der Waals surface area contributed by atoms with Gasteiger partial charge < -0.3 is 15.4 Å². The second kappa shape index (κ2) is 3.52. The second-order valence-corrected chi connectivity index (χ2v) is 3.03. The van der Waals surface area contributed by atoms with Crippen LogP contribution in [0.25, 0.3) is 11.2 Å². The summed E-state index contributed by atoms with van der Waals surface area (Å²) in [7, 11) is 0. The Bertz CT molecular complexity index is 494. The molecule has 0 saturated heterocycles. The number of carboxylic acid groups (broad SMARTS) is 1. The zero-order valence-corrected chi connectivity index (χ0v) is 7.93. The van der Waals surface area contributed by atoms with E-state index < -0.39 is 12.0 Å². The quantitative estimate of drug-likeness (QED) is 0.665. The molecule has 3 N–H and O–H groups in total. The van der Waals surface area contributed by atoms with E-state index in [1.54, 1.807) is 0 Å². The zero-order chi connectivity index (χ0) is 10.8. The molecule has 15 heavy (non-hydrogen) atoms. The zero-order valence-electron chi connectivity index (χ0n) is 7.93. The number of aliphatic carboxylic acids is 1. The number of imidazole rings is 1. The third-order valence-corrected chi connectivity index (χ3v) is 1.95. The maximum Gasteiger partial charge on any atom is 0.325 e. The van der Waals surface area contributed by atoms with Gasteiger partial charge in [-0.25, -0.2) is 15.0 Å². The molecule has 7 nitrogen and oxygen atoms in total. The summed E-state index contributed by atoms with van der Waals surface area (Å²) in [4.78, 5) is 25.3. The Labute approximate surface area is 84.6 Å². The maximum absolute atomic E-state index is 10.6. The van der Waals surface area contributed by atoms with Gasteiger partial charge in [-0.3, -0.25) is 4.79 Å². The molecule has 78 valence electrons. The molecule has 0 amide bonds. The fourth-order valence-electron chi connectivity index (χ4n) is 1.14. The summed E-state index contributed by atoms with van der Waals surface area (Å²) < 4.78 is 0. The summed E-state index contributed by atoms with van der Waals surface area (Å²) in [6.07, 6.45) is 2.82. The third kappa shape index (κ3) is 1.71. The highest BCUT2D eigenvalue weighted by Gasteiger charge is 2.13. The van der Waals surface area contributed by atoms with Crippen molar-refractivity contribution in [3.63, 3.8) is 0 Å². The van der Waals surface area contributed by atoms with Crippen LogP contribution in [0.15, 0.2) is 12.7 Å². The molecule has 0 unspecified atom stereocenters. The van der Waals surface area contributed by atoms with Gasteiger partial charge in [-0.2, -0.15) is 0 Å². The van der Waals surface area contributed by atoms with Crippen LogP contribution in [0.3, 0.4) is 0 Å². The standard InChI is InChI=1S/C8H9N5O2/c1-4(8(14)15)13-7-5-6(10-2-9-5)11-3-12-7/h2-4H,1H3,(H,14,15)(H2,9,10,11,12,13)/t4-/m0/s1. The van der Waals surface area contributed by atoms with Crippen LogP contribution in [0.2, 0.25) is 0 Å². The molecular weight excluding hydrogens is 198 g/mol. The van der Waals surface area contributed by atoms with Crippen LogP contribution in [0, 0.1) is 0 Å². The van der Waals surface area contributed by atoms with Crippen LogP contribution in [0.4, 0.5) is 5.82 Å². The van der Waals surface area contributed by atoms with E-state index >= 15 is 0 Å². The van der Waals surface area contributed by atoms with Crippen LogP contribution in [-0.2, 0) is 4.79 Å². The highest BCUT2D eigenvalue weighted by Crippen LogP contribution is 2.14. The molecule has 7 heteroatoms. The molecular formula is C8H9N5O2. The lowest BCUT2D eigenvalue weighted by molar-refractivity contribution is -0.137. The molecule has 0 bridgehead atoms. The Morgan fingerprint density at radius 2 is 2.33 bits per heavy atom. The van der Waals surface area contributed by atoms with E-state index in [2.05, 4.69) is 25.3 Å². The van der Waals surface area contributed by atoms with Crippen molar-refractivity contribution in [3.05, 3.63) is 12.7 Å². The molecule has 2 aromatic heterocycles. The van der Waals surface area contributed by atoms with Crippen molar-refractivity contribution < 1.29 is 9.90 Å². The van der Waals surface area contributed by atoms with Gasteiger partial charge in [0.1, 0.15) is 17.9 Å². The highest BCUT2D eigenvalue weighted by atomic mass is 16.4. The number of nitrogens with zero attached hydrogens (tertiary/aromatic N) is 3. The van der Waals surface area contributed by atoms with Gasteiger partial charge in [-0.05, 0) is 6.92 Å². The van der Waals surface area contributed by atoms with Crippen molar-refractivity contribution in [2.24, 2.45) is 0 Å². The first kappa shape index (κ1) is 9.38. The number of aromatic nitrogens is 4. The Kier molecular flexibility index (Phi) is 2.20. The average Bonchev–Trinajstić information content (AvgIpc) is 2.66. The summed E-state index contributed by atoms with van der Waals surface area (Å²) in [5.74, 6) is -0.506. The Balaban J connectivity index is 2.35. The smallest absolute Gasteiger partial charge is 0.325 e. The Hall–Kier alpha value is -2.18. The number of fused-ring (bicyclic) bond motifs is 1. The fourth-order valence-corrected chi connectivity index (χ4v) is 1.14. The van der Waals surface area contributed by atoms with E-state index in [9.17, 15) is 4.79 Å². The van der Waals surface area contributed by atoms with E-state index in [0.717, 1.165) is 0 Å². The number of anilines is 1. The summed E-state index contributed by atoms with van der Waals surface area (Å²) in [6.45, 7) is 1.53. The van der Waals surface area contributed by atoms with Gasteiger partial charge in [0, 0.05) is 0 Å². The number of hydrogen-bond donors (Lipinski definition) is 3. The van der Waals surface area contributed by atoms with Gasteiger partial charge >= 0.3 is 5.97 Å². The Morgan fingerprint density at radius 3 is 3.07 bits per heavy atom. The van der Waals surface area contributed by atoms with E-state index in [1.807, 2.05) is 0 Å². The number of hydrogen-bond acceptors (Lipinski definition) is 5. The second-order valence-electron chi connectivity index (χ2n) is 3.03. The first-order valence-corrected chi connectivity index (χ1v) is 4.32. The number of carboxylic acids is 1.